The predicted octanol–water partition coefficient (Wildman–Crippen LogP) is 6.95. The van der Waals surface area contributed by atoms with Gasteiger partial charge in [0.1, 0.15) is 24.4 Å². The molecule has 314 valence electrons. The maximum Gasteiger partial charge on any atom is 0.306 e. The summed E-state index contributed by atoms with van der Waals surface area (Å²) in [4.78, 5) is 50.6. The smallest absolute Gasteiger partial charge is 0.306 e. The first-order valence-electron chi connectivity index (χ1n) is 22.1. The first-order chi connectivity index (χ1) is 26.8. The molecule has 6 saturated carbocycles. The molecular formula is C47H65FO9. The van der Waals surface area contributed by atoms with Gasteiger partial charge in [0.15, 0.2) is 17.2 Å². The highest BCUT2D eigenvalue weighted by Crippen LogP contribution is 2.71. The van der Waals surface area contributed by atoms with Crippen LogP contribution >= 0.6 is 0 Å². The minimum atomic E-state index is -2.05. The second kappa shape index (κ2) is 14.2. The van der Waals surface area contributed by atoms with E-state index in [4.69, 9.17) is 9.47 Å². The van der Waals surface area contributed by atoms with Gasteiger partial charge in [-0.05, 0) is 137 Å². The van der Waals surface area contributed by atoms with Crippen molar-refractivity contribution in [2.75, 3.05) is 6.61 Å². The molecule has 6 fully saturated rings. The van der Waals surface area contributed by atoms with Crippen molar-refractivity contribution in [3.05, 3.63) is 35.5 Å². The number of allylic oxidation sites excluding steroid dienone is 5. The van der Waals surface area contributed by atoms with Crippen LogP contribution in [0.4, 0.5) is 4.39 Å². The lowest BCUT2D eigenvalue weighted by Crippen LogP contribution is -2.70. The van der Waals surface area contributed by atoms with Crippen molar-refractivity contribution in [1.82, 2.24) is 0 Å². The normalized spacial score (nSPS) is 48.9. The van der Waals surface area contributed by atoms with E-state index in [1.165, 1.54) is 17.7 Å². The van der Waals surface area contributed by atoms with E-state index in [9.17, 15) is 34.5 Å². The molecule has 0 amide bonds. The molecule has 8 aliphatic rings. The molecule has 0 aromatic heterocycles. The quantitative estimate of drug-likeness (QED) is 0.222. The van der Waals surface area contributed by atoms with Crippen molar-refractivity contribution in [3.63, 3.8) is 0 Å². The Morgan fingerprint density at radius 1 is 0.912 bits per heavy atom. The number of halogens is 1. The van der Waals surface area contributed by atoms with Crippen LogP contribution in [0.1, 0.15) is 125 Å². The zero-order valence-electron chi connectivity index (χ0n) is 34.8. The number of aliphatic hydroxyl groups excluding tert-OH is 2. The predicted molar refractivity (Wildman–Crippen MR) is 210 cm³/mol. The van der Waals surface area contributed by atoms with Gasteiger partial charge in [0.05, 0.1) is 6.10 Å². The third kappa shape index (κ3) is 5.97. The van der Waals surface area contributed by atoms with E-state index in [2.05, 4.69) is 20.8 Å². The monoisotopic (exact) mass is 792 g/mol. The summed E-state index contributed by atoms with van der Waals surface area (Å²) in [6.07, 6.45) is 10.3. The summed E-state index contributed by atoms with van der Waals surface area (Å²) in [5.74, 6) is 0.744. The van der Waals surface area contributed by atoms with Gasteiger partial charge in [0.2, 0.25) is 0 Å². The molecule has 0 spiro atoms. The summed E-state index contributed by atoms with van der Waals surface area (Å²) in [7, 11) is 0. The van der Waals surface area contributed by atoms with Gasteiger partial charge >= 0.3 is 11.9 Å². The number of fused-ring (bicyclic) bond motifs is 10. The summed E-state index contributed by atoms with van der Waals surface area (Å²) in [5.41, 5.74) is -4.09. The van der Waals surface area contributed by atoms with Gasteiger partial charge in [0, 0.05) is 41.4 Å². The average molecular weight is 793 g/mol. The largest absolute Gasteiger partial charge is 0.463 e. The topological polar surface area (TPSA) is 147 Å². The average Bonchev–Trinajstić information content (AvgIpc) is 3.56. The second-order valence-corrected chi connectivity index (χ2v) is 20.8. The van der Waals surface area contributed by atoms with Crippen LogP contribution in [0.5, 0.6) is 0 Å². The molecule has 0 radical (unpaired) electrons. The van der Waals surface area contributed by atoms with Crippen LogP contribution in [-0.4, -0.2) is 75.0 Å². The third-order valence-corrected chi connectivity index (χ3v) is 18.1. The Labute approximate surface area is 337 Å². The molecule has 0 heterocycles. The molecule has 0 aromatic carbocycles. The number of carbonyl (C=O) groups is 4. The summed E-state index contributed by atoms with van der Waals surface area (Å²) in [6.45, 7) is 11.9. The van der Waals surface area contributed by atoms with E-state index in [1.54, 1.807) is 13.0 Å². The Bertz CT molecular complexity index is 1790. The SMILES string of the molecule is C[C@@H]1CC2=CC(=O)CCC2C2C1C1CC[C@H](OC(=O)CCCC(=O)OCC(O)[C@@]3(O)[C@@H](C)CC4C5CCC6=CC(=O)C=C[C@]6(C)[C@@]5(F)[C@@H](O)C[C@@]43C)[C@@]1(C)C[C@@H]2C. The standard InChI is InChI=1S/C47H65FO9/c1-25-18-28-20-30(49)11-12-32(28)41-26(2)22-43(4)34(42(25)41)14-15-38(43)57-40(54)9-7-8-39(53)56-24-37(52)47(55)27(3)19-35-33-13-10-29-21-31(50)16-17-44(29,5)46(33,48)36(51)23-45(35,47)6/h16-17,20-21,25-27,32-38,41-42,51-52,55H,7-15,18-19,22-24H2,1-6H3/t25-,26+,27+,32?,33?,34?,35?,36+,37?,38+,41?,42?,43+,44+,45+,46+,47+/m1/s1. The van der Waals surface area contributed by atoms with Gasteiger partial charge < -0.3 is 24.8 Å². The van der Waals surface area contributed by atoms with Crippen LogP contribution in [0.15, 0.2) is 35.5 Å². The van der Waals surface area contributed by atoms with E-state index in [0.717, 1.165) is 32.1 Å². The van der Waals surface area contributed by atoms with Crippen molar-refractivity contribution >= 4 is 23.5 Å². The molecule has 0 bridgehead atoms. The number of hydrogen-bond donors (Lipinski definition) is 3. The van der Waals surface area contributed by atoms with Gasteiger partial charge in [-0.2, -0.15) is 0 Å². The van der Waals surface area contributed by atoms with E-state index in [1.807, 2.05) is 19.9 Å². The van der Waals surface area contributed by atoms with Gasteiger partial charge in [-0.15, -0.1) is 0 Å². The van der Waals surface area contributed by atoms with Gasteiger partial charge in [-0.25, -0.2) is 4.39 Å². The highest BCUT2D eigenvalue weighted by atomic mass is 19.1. The van der Waals surface area contributed by atoms with Crippen molar-refractivity contribution in [1.29, 1.82) is 0 Å². The lowest BCUT2D eigenvalue weighted by atomic mass is 9.44. The molecule has 7 unspecified atom stereocenters. The molecule has 0 aromatic rings. The zero-order chi connectivity index (χ0) is 41.0. The fraction of sp³-hybridized carbons (Fsp3) is 0.787. The molecule has 0 saturated heterocycles. The van der Waals surface area contributed by atoms with Crippen molar-refractivity contribution in [2.45, 2.75) is 155 Å². The number of alkyl halides is 1. The molecule has 8 aliphatic carbocycles. The highest BCUT2D eigenvalue weighted by Gasteiger charge is 2.75. The molecule has 9 nitrogen and oxygen atoms in total. The number of rotatable bonds is 8. The number of carbonyl (C=O) groups excluding carboxylic acids is 4. The van der Waals surface area contributed by atoms with Crippen LogP contribution < -0.4 is 0 Å². The highest BCUT2D eigenvalue weighted by molar-refractivity contribution is 6.01. The summed E-state index contributed by atoms with van der Waals surface area (Å²) in [6, 6.07) is 0. The number of hydrogen-bond acceptors (Lipinski definition) is 9. The fourth-order valence-electron chi connectivity index (χ4n) is 15.5. The van der Waals surface area contributed by atoms with Crippen LogP contribution in [0.25, 0.3) is 0 Å². The molecule has 17 atom stereocenters. The summed E-state index contributed by atoms with van der Waals surface area (Å²) < 4.78 is 29.2. The van der Waals surface area contributed by atoms with Crippen LogP contribution in [0.3, 0.4) is 0 Å². The maximum absolute atomic E-state index is 17.5. The fourth-order valence-corrected chi connectivity index (χ4v) is 15.5. The molecule has 10 heteroatoms. The molecule has 57 heavy (non-hydrogen) atoms. The number of aliphatic hydroxyl groups is 3. The second-order valence-electron chi connectivity index (χ2n) is 20.8. The molecule has 8 rings (SSSR count). The lowest BCUT2D eigenvalue weighted by molar-refractivity contribution is -0.244. The molecular weight excluding hydrogens is 728 g/mol. The van der Waals surface area contributed by atoms with Crippen molar-refractivity contribution in [2.24, 2.45) is 69.5 Å². The van der Waals surface area contributed by atoms with Crippen LogP contribution in [-0.2, 0) is 28.7 Å². The van der Waals surface area contributed by atoms with E-state index in [-0.39, 0.29) is 60.7 Å². The third-order valence-electron chi connectivity index (χ3n) is 18.1. The Morgan fingerprint density at radius 2 is 1.65 bits per heavy atom. The van der Waals surface area contributed by atoms with E-state index >= 15 is 4.39 Å². The minimum Gasteiger partial charge on any atom is -0.463 e. The first kappa shape index (κ1) is 41.1. The van der Waals surface area contributed by atoms with Crippen LogP contribution in [0.2, 0.25) is 0 Å². The van der Waals surface area contributed by atoms with Gasteiger partial charge in [-0.3, -0.25) is 19.2 Å². The summed E-state index contributed by atoms with van der Waals surface area (Å²) in [5, 5.41) is 35.5. The Kier molecular flexibility index (Phi) is 10.2. The number of esters is 2. The molecule has 0 aliphatic heterocycles. The number of ether oxygens (including phenoxy) is 2. The minimum absolute atomic E-state index is 0.0477. The van der Waals surface area contributed by atoms with Crippen LogP contribution in [0, 0.1) is 69.5 Å². The maximum atomic E-state index is 17.5. The first-order valence-corrected chi connectivity index (χ1v) is 22.1. The molecule has 3 N–H and O–H groups in total. The summed E-state index contributed by atoms with van der Waals surface area (Å²) >= 11 is 0. The Balaban J connectivity index is 0.845. The van der Waals surface area contributed by atoms with Gasteiger partial charge in [-0.1, -0.05) is 51.8 Å². The Morgan fingerprint density at radius 3 is 2.40 bits per heavy atom. The van der Waals surface area contributed by atoms with Gasteiger partial charge in [0.25, 0.3) is 0 Å². The van der Waals surface area contributed by atoms with Crippen molar-refractivity contribution in [3.8, 4) is 0 Å². The zero-order valence-corrected chi connectivity index (χ0v) is 34.8. The lowest BCUT2D eigenvalue weighted by Gasteiger charge is -2.63. The number of ketones is 2. The van der Waals surface area contributed by atoms with E-state index < -0.39 is 58.7 Å². The van der Waals surface area contributed by atoms with Crippen molar-refractivity contribution < 1.29 is 48.4 Å². The van der Waals surface area contributed by atoms with E-state index in [0.29, 0.717) is 66.8 Å². The Hall–Kier alpha value is -2.69.